The molecule has 96 heavy (non-hydrogen) atoms. The van der Waals surface area contributed by atoms with Crippen LogP contribution in [0, 0.1) is 0 Å². The molecule has 0 bridgehead atoms. The van der Waals surface area contributed by atoms with Crippen LogP contribution < -0.4 is 0 Å². The van der Waals surface area contributed by atoms with Gasteiger partial charge < -0.3 is 0 Å². The lowest BCUT2D eigenvalue weighted by Gasteiger charge is -2.08. The SMILES string of the molecule is C1=Cc2c(ccc3c2-c2ccccc2C3)C1.C1=Cc2c(ccc3c2Cc2ccccc2-3)C1.C1=Cc2cc3c(cc2C1)-c1ccccc1C3.C1=Cc2cc3c(cc2C1)Cc1ccccc1-3.C1=Cc2ccc3c(c2C1)-c1ccccc1C3.C1=Cc2ccc3c(c2C1)Cc1ccccc1-3. The molecule has 0 spiro atoms. The summed E-state index contributed by atoms with van der Waals surface area (Å²) in [7, 11) is 0. The first-order chi connectivity index (χ1) is 47.6. The molecule has 12 aromatic carbocycles. The van der Waals surface area contributed by atoms with Gasteiger partial charge in [0, 0.05) is 0 Å². The fourth-order valence-electron chi connectivity index (χ4n) is 17.7. The molecular formula is C96H72. The van der Waals surface area contributed by atoms with Crippen LogP contribution in [-0.2, 0) is 77.0 Å². The van der Waals surface area contributed by atoms with Gasteiger partial charge in [-0.05, 0) is 289 Å². The van der Waals surface area contributed by atoms with Crippen molar-refractivity contribution in [2.24, 2.45) is 0 Å². The summed E-state index contributed by atoms with van der Waals surface area (Å²) in [4.78, 5) is 0. The van der Waals surface area contributed by atoms with Gasteiger partial charge in [-0.25, -0.2) is 0 Å². The highest BCUT2D eigenvalue weighted by Crippen LogP contribution is 2.47. The standard InChI is InChI=1S/6C16H12/c2*1-2-7-15-13(4-1)9-14-8-11-5-3-6-12(11)10-16(14)15;2*1-2-6-15-12(4-1)10-13-9-8-11-5-3-7-14(11)16(13)15;2*1-2-6-14-12(4-1)10-16-13-7-3-5-11(13)8-9-15(14)16/h1-4,6-8,10H,5,9H2;1-5,7-8,10H,6,9H2;1-4,6-9H,5,10H2;1-6,8-9H,7,10H2;1-4,6-9H,5,10H2;1-6,8-9H,7,10H2. The Hall–Kier alpha value is -10.9. The zero-order valence-corrected chi connectivity index (χ0v) is 54.2. The molecule has 12 aromatic rings. The third-order valence-electron chi connectivity index (χ3n) is 22.3. The first-order valence-electron chi connectivity index (χ1n) is 35.0. The van der Waals surface area contributed by atoms with Gasteiger partial charge in [0.25, 0.3) is 0 Å². The normalized spacial score (nSPS) is 14.8. The van der Waals surface area contributed by atoms with Crippen LogP contribution >= 0.6 is 0 Å². The van der Waals surface area contributed by atoms with E-state index in [0.717, 1.165) is 77.0 Å². The summed E-state index contributed by atoms with van der Waals surface area (Å²) in [6.07, 6.45) is 40.5. The molecule has 0 heteroatoms. The Morgan fingerprint density at radius 1 is 0.167 bits per heavy atom. The highest BCUT2D eigenvalue weighted by Gasteiger charge is 2.28. The summed E-state index contributed by atoms with van der Waals surface area (Å²) in [6.45, 7) is 0. The summed E-state index contributed by atoms with van der Waals surface area (Å²) < 4.78 is 0. The highest BCUT2D eigenvalue weighted by molar-refractivity contribution is 5.89. The van der Waals surface area contributed by atoms with Gasteiger partial charge >= 0.3 is 0 Å². The third-order valence-corrected chi connectivity index (χ3v) is 22.3. The van der Waals surface area contributed by atoms with E-state index in [1.54, 1.807) is 11.1 Å². The Morgan fingerprint density at radius 3 is 1.20 bits per heavy atom. The van der Waals surface area contributed by atoms with Crippen molar-refractivity contribution in [3.05, 3.63) is 388 Å². The lowest BCUT2D eigenvalue weighted by molar-refractivity contribution is 1.17. The van der Waals surface area contributed by atoms with Gasteiger partial charge in [-0.2, -0.15) is 0 Å². The van der Waals surface area contributed by atoms with E-state index in [0.29, 0.717) is 0 Å². The number of rotatable bonds is 0. The number of hydrogen-bond acceptors (Lipinski definition) is 0. The molecule has 12 aliphatic rings. The van der Waals surface area contributed by atoms with E-state index in [1.807, 2.05) is 0 Å². The van der Waals surface area contributed by atoms with E-state index < -0.39 is 0 Å². The fourth-order valence-corrected chi connectivity index (χ4v) is 17.7. The van der Waals surface area contributed by atoms with E-state index >= 15 is 0 Å². The van der Waals surface area contributed by atoms with Gasteiger partial charge in [0.2, 0.25) is 0 Å². The largest absolute Gasteiger partial charge is 0.0795 e. The highest BCUT2D eigenvalue weighted by atomic mass is 14.3. The smallest absolute Gasteiger partial charge is 0.000740 e. The Kier molecular flexibility index (Phi) is 13.9. The van der Waals surface area contributed by atoms with Crippen LogP contribution in [0.25, 0.3) is 103 Å². The summed E-state index contributed by atoms with van der Waals surface area (Å²) in [5.41, 5.74) is 53.0. The van der Waals surface area contributed by atoms with Crippen LogP contribution in [0.5, 0.6) is 0 Å². The van der Waals surface area contributed by atoms with E-state index in [4.69, 9.17) is 0 Å². The van der Waals surface area contributed by atoms with Crippen molar-refractivity contribution >= 4 is 36.5 Å². The van der Waals surface area contributed by atoms with Crippen molar-refractivity contribution in [2.75, 3.05) is 0 Å². The third kappa shape index (κ3) is 9.79. The molecule has 0 N–H and O–H groups in total. The maximum absolute atomic E-state index is 2.39. The van der Waals surface area contributed by atoms with E-state index in [2.05, 4.69) is 291 Å². The molecule has 0 nitrogen and oxygen atoms in total. The molecule has 0 aliphatic heterocycles. The summed E-state index contributed by atoms with van der Waals surface area (Å²) in [5.74, 6) is 0. The molecule has 24 rings (SSSR count). The first kappa shape index (κ1) is 56.6. The molecule has 0 unspecified atom stereocenters. The second-order valence-electron chi connectivity index (χ2n) is 27.7. The summed E-state index contributed by atoms with van der Waals surface area (Å²) in [6, 6.07) is 80.5. The first-order valence-corrected chi connectivity index (χ1v) is 35.0. The van der Waals surface area contributed by atoms with Crippen LogP contribution in [0.4, 0.5) is 0 Å². The van der Waals surface area contributed by atoms with Gasteiger partial charge in [0.05, 0.1) is 0 Å². The molecule has 0 heterocycles. The average molecular weight is 1230 g/mol. The molecule has 0 saturated carbocycles. The molecule has 0 amide bonds. The van der Waals surface area contributed by atoms with Crippen LogP contribution in [-0.4, -0.2) is 0 Å². The van der Waals surface area contributed by atoms with Crippen LogP contribution in [0.1, 0.15) is 134 Å². The molecule has 0 atom stereocenters. The quantitative estimate of drug-likeness (QED) is 0.142. The minimum Gasteiger partial charge on any atom is -0.0795 e. The van der Waals surface area contributed by atoms with Crippen LogP contribution in [0.3, 0.4) is 0 Å². The molecule has 0 aromatic heterocycles. The molecule has 0 fully saturated rings. The minimum atomic E-state index is 1.10. The Labute approximate surface area is 565 Å². The predicted molar refractivity (Wildman–Crippen MR) is 405 cm³/mol. The Bertz CT molecular complexity index is 5440. The molecule has 456 valence electrons. The predicted octanol–water partition coefficient (Wildman–Crippen LogP) is 23.0. The van der Waals surface area contributed by atoms with Crippen molar-refractivity contribution in [1.82, 2.24) is 0 Å². The summed E-state index contributed by atoms with van der Waals surface area (Å²) in [5, 5.41) is 0. The van der Waals surface area contributed by atoms with Crippen molar-refractivity contribution < 1.29 is 0 Å². The molecule has 0 saturated heterocycles. The topological polar surface area (TPSA) is 0 Å². The average Bonchev–Trinajstić information content (AvgIpc) is 1.71. The number of fused-ring (bicyclic) bond motifs is 28. The minimum absolute atomic E-state index is 1.10. The van der Waals surface area contributed by atoms with E-state index in [1.165, 1.54) is 189 Å². The van der Waals surface area contributed by atoms with Crippen LogP contribution in [0.15, 0.2) is 255 Å². The molecular weight excluding hydrogens is 1150 g/mol. The second-order valence-corrected chi connectivity index (χ2v) is 27.7. The molecule has 0 radical (unpaired) electrons. The van der Waals surface area contributed by atoms with Gasteiger partial charge in [-0.15, -0.1) is 0 Å². The number of allylic oxidation sites excluding steroid dienone is 6. The zero-order chi connectivity index (χ0) is 63.2. The monoisotopic (exact) mass is 1220 g/mol. The summed E-state index contributed by atoms with van der Waals surface area (Å²) >= 11 is 0. The Morgan fingerprint density at radius 2 is 0.542 bits per heavy atom. The maximum Gasteiger partial charge on any atom is -0.000740 e. The van der Waals surface area contributed by atoms with Crippen molar-refractivity contribution in [3.8, 4) is 66.8 Å². The van der Waals surface area contributed by atoms with Gasteiger partial charge in [-0.3, -0.25) is 0 Å². The fraction of sp³-hybridized carbons (Fsp3) is 0.125. The van der Waals surface area contributed by atoms with Crippen LogP contribution in [0.2, 0.25) is 0 Å². The molecule has 12 aliphatic carbocycles. The van der Waals surface area contributed by atoms with Crippen molar-refractivity contribution in [2.45, 2.75) is 77.0 Å². The van der Waals surface area contributed by atoms with E-state index in [9.17, 15) is 0 Å². The maximum atomic E-state index is 2.39. The Balaban J connectivity index is 0.0000000812. The van der Waals surface area contributed by atoms with Gasteiger partial charge in [0.1, 0.15) is 0 Å². The number of benzene rings is 12. The van der Waals surface area contributed by atoms with Crippen molar-refractivity contribution in [1.29, 1.82) is 0 Å². The van der Waals surface area contributed by atoms with E-state index in [-0.39, 0.29) is 0 Å². The van der Waals surface area contributed by atoms with Crippen molar-refractivity contribution in [3.63, 3.8) is 0 Å². The lowest BCUT2D eigenvalue weighted by Crippen LogP contribution is -1.91. The van der Waals surface area contributed by atoms with Gasteiger partial charge in [-0.1, -0.05) is 279 Å². The second kappa shape index (κ2) is 23.5. The lowest BCUT2D eigenvalue weighted by atomic mass is 9.96. The van der Waals surface area contributed by atoms with Gasteiger partial charge in [0.15, 0.2) is 0 Å². The number of hydrogen-bond donors (Lipinski definition) is 0. The zero-order valence-electron chi connectivity index (χ0n) is 54.2.